The van der Waals surface area contributed by atoms with Crippen LogP contribution in [0, 0.1) is 20.8 Å². The molecule has 0 heteroatoms. The van der Waals surface area contributed by atoms with Gasteiger partial charge in [0, 0.05) is 0 Å². The third-order valence-electron chi connectivity index (χ3n) is 5.31. The van der Waals surface area contributed by atoms with Gasteiger partial charge in [0.1, 0.15) is 0 Å². The molecule has 0 atom stereocenters. The molecule has 0 nitrogen and oxygen atoms in total. The summed E-state index contributed by atoms with van der Waals surface area (Å²) in [5.74, 6) is 0. The van der Waals surface area contributed by atoms with E-state index in [-0.39, 0.29) is 0 Å². The molecule has 0 amide bonds. The molecule has 0 aliphatic rings. The monoisotopic (exact) mass is 374 g/mol. The summed E-state index contributed by atoms with van der Waals surface area (Å²) in [4.78, 5) is 0. The second kappa shape index (κ2) is 8.32. The Hall–Kier alpha value is -3.38. The van der Waals surface area contributed by atoms with Gasteiger partial charge in [-0.25, -0.2) is 0 Å². The highest BCUT2D eigenvalue weighted by atomic mass is 14.1. The molecule has 4 aromatic rings. The second-order valence-corrected chi connectivity index (χ2v) is 7.78. The molecule has 0 N–H and O–H groups in total. The molecule has 4 aromatic carbocycles. The molecule has 0 radical (unpaired) electrons. The topological polar surface area (TPSA) is 0 Å². The minimum atomic E-state index is 1.21. The molecule has 0 aliphatic heterocycles. The van der Waals surface area contributed by atoms with Gasteiger partial charge in [0.2, 0.25) is 0 Å². The van der Waals surface area contributed by atoms with Crippen LogP contribution < -0.4 is 0 Å². The lowest BCUT2D eigenvalue weighted by atomic mass is 9.92. The quantitative estimate of drug-likeness (QED) is 0.316. The number of hydrogen-bond donors (Lipinski definition) is 0. The van der Waals surface area contributed by atoms with Gasteiger partial charge in [-0.05, 0) is 60.2 Å². The van der Waals surface area contributed by atoms with Crippen molar-refractivity contribution in [3.63, 3.8) is 0 Å². The van der Waals surface area contributed by atoms with Crippen LogP contribution in [0.1, 0.15) is 27.8 Å². The van der Waals surface area contributed by atoms with Gasteiger partial charge in [0.25, 0.3) is 0 Å². The van der Waals surface area contributed by atoms with Crippen LogP contribution in [0.3, 0.4) is 0 Å². The standard InChI is InChI=1S/C29H26/c1-21-4-10-24(11-5-21)12-13-25-14-19-28(26-15-6-22(2)7-16-26)29(20-25)27-17-8-23(3)9-18-27/h4-20H,1-3H3/b13-12+. The Kier molecular flexibility index (Phi) is 5.44. The summed E-state index contributed by atoms with van der Waals surface area (Å²) in [5, 5.41) is 0. The van der Waals surface area contributed by atoms with E-state index in [0.717, 1.165) is 0 Å². The van der Waals surface area contributed by atoms with E-state index < -0.39 is 0 Å². The van der Waals surface area contributed by atoms with Gasteiger partial charge in [0.15, 0.2) is 0 Å². The normalized spacial score (nSPS) is 11.1. The van der Waals surface area contributed by atoms with Crippen LogP contribution in [0.2, 0.25) is 0 Å². The fraction of sp³-hybridized carbons (Fsp3) is 0.103. The van der Waals surface area contributed by atoms with Gasteiger partial charge in [-0.15, -0.1) is 0 Å². The van der Waals surface area contributed by atoms with Gasteiger partial charge in [0.05, 0.1) is 0 Å². The molecule has 0 aromatic heterocycles. The molecule has 0 fully saturated rings. The van der Waals surface area contributed by atoms with Crippen LogP contribution in [0.25, 0.3) is 34.4 Å². The Bertz CT molecular complexity index is 1130. The molecule has 142 valence electrons. The lowest BCUT2D eigenvalue weighted by molar-refractivity contribution is 1.45. The molecule has 0 heterocycles. The van der Waals surface area contributed by atoms with Crippen LogP contribution >= 0.6 is 0 Å². The van der Waals surface area contributed by atoms with Crippen LogP contribution in [-0.4, -0.2) is 0 Å². The summed E-state index contributed by atoms with van der Waals surface area (Å²) in [5.41, 5.74) is 11.3. The first kappa shape index (κ1) is 19.0. The first-order chi connectivity index (χ1) is 14.1. The van der Waals surface area contributed by atoms with E-state index in [1.54, 1.807) is 0 Å². The largest absolute Gasteiger partial charge is 0.0587 e. The third-order valence-corrected chi connectivity index (χ3v) is 5.31. The highest BCUT2D eigenvalue weighted by Gasteiger charge is 2.08. The SMILES string of the molecule is Cc1ccc(/C=C/c2ccc(-c3ccc(C)cc3)c(-c3ccc(C)cc3)c2)cc1. The van der Waals surface area contributed by atoms with E-state index in [0.29, 0.717) is 0 Å². The highest BCUT2D eigenvalue weighted by molar-refractivity contribution is 5.86. The van der Waals surface area contributed by atoms with E-state index in [1.807, 2.05) is 0 Å². The van der Waals surface area contributed by atoms with Gasteiger partial charge >= 0.3 is 0 Å². The van der Waals surface area contributed by atoms with Gasteiger partial charge < -0.3 is 0 Å². The van der Waals surface area contributed by atoms with Crippen molar-refractivity contribution < 1.29 is 0 Å². The fourth-order valence-corrected chi connectivity index (χ4v) is 3.49. The van der Waals surface area contributed by atoms with Crippen LogP contribution in [0.4, 0.5) is 0 Å². The zero-order chi connectivity index (χ0) is 20.2. The number of benzene rings is 4. The molecule has 29 heavy (non-hydrogen) atoms. The number of aryl methyl sites for hydroxylation is 3. The maximum Gasteiger partial charge on any atom is -0.00995 e. The summed E-state index contributed by atoms with van der Waals surface area (Å²) in [6.07, 6.45) is 4.38. The molecule has 0 bridgehead atoms. The van der Waals surface area contributed by atoms with Crippen molar-refractivity contribution in [2.45, 2.75) is 20.8 Å². The summed E-state index contributed by atoms with van der Waals surface area (Å²) in [7, 11) is 0. The first-order valence-corrected chi connectivity index (χ1v) is 10.1. The van der Waals surface area contributed by atoms with Crippen LogP contribution in [0.15, 0.2) is 91.0 Å². The molecule has 0 aliphatic carbocycles. The van der Waals surface area contributed by atoms with E-state index in [2.05, 4.69) is 124 Å². The van der Waals surface area contributed by atoms with E-state index in [4.69, 9.17) is 0 Å². The van der Waals surface area contributed by atoms with Crippen molar-refractivity contribution in [2.75, 3.05) is 0 Å². The summed E-state index contributed by atoms with van der Waals surface area (Å²) in [6.45, 7) is 6.38. The molecule has 4 rings (SSSR count). The Balaban J connectivity index is 1.77. The van der Waals surface area contributed by atoms with Crippen LogP contribution in [0.5, 0.6) is 0 Å². The highest BCUT2D eigenvalue weighted by Crippen LogP contribution is 2.34. The number of hydrogen-bond acceptors (Lipinski definition) is 0. The smallest absolute Gasteiger partial charge is 0.00995 e. The fourth-order valence-electron chi connectivity index (χ4n) is 3.49. The molecule has 0 unspecified atom stereocenters. The van der Waals surface area contributed by atoms with Gasteiger partial charge in [-0.2, -0.15) is 0 Å². The first-order valence-electron chi connectivity index (χ1n) is 10.1. The maximum absolute atomic E-state index is 2.30. The predicted octanol–water partition coefficient (Wildman–Crippen LogP) is 8.12. The van der Waals surface area contributed by atoms with Crippen molar-refractivity contribution in [1.82, 2.24) is 0 Å². The molecule has 0 saturated heterocycles. The minimum absolute atomic E-state index is 1.21. The molecular formula is C29H26. The maximum atomic E-state index is 2.30. The summed E-state index contributed by atoms with van der Waals surface area (Å²) in [6, 6.07) is 33.0. The van der Waals surface area contributed by atoms with Crippen LogP contribution in [-0.2, 0) is 0 Å². The zero-order valence-electron chi connectivity index (χ0n) is 17.3. The molecule has 0 spiro atoms. The zero-order valence-corrected chi connectivity index (χ0v) is 17.3. The Morgan fingerprint density at radius 2 is 0.828 bits per heavy atom. The summed E-state index contributed by atoms with van der Waals surface area (Å²) < 4.78 is 0. The Morgan fingerprint density at radius 1 is 0.414 bits per heavy atom. The molecule has 0 saturated carbocycles. The Morgan fingerprint density at radius 3 is 1.38 bits per heavy atom. The lowest BCUT2D eigenvalue weighted by Crippen LogP contribution is -1.88. The summed E-state index contributed by atoms with van der Waals surface area (Å²) >= 11 is 0. The average molecular weight is 375 g/mol. The van der Waals surface area contributed by atoms with Crippen molar-refractivity contribution in [2.24, 2.45) is 0 Å². The van der Waals surface area contributed by atoms with E-state index >= 15 is 0 Å². The van der Waals surface area contributed by atoms with E-state index in [1.165, 1.54) is 50.1 Å². The van der Waals surface area contributed by atoms with Crippen molar-refractivity contribution in [3.8, 4) is 22.3 Å². The van der Waals surface area contributed by atoms with E-state index in [9.17, 15) is 0 Å². The second-order valence-electron chi connectivity index (χ2n) is 7.78. The van der Waals surface area contributed by atoms with Crippen molar-refractivity contribution >= 4 is 12.2 Å². The number of rotatable bonds is 4. The third kappa shape index (κ3) is 4.55. The van der Waals surface area contributed by atoms with Gasteiger partial charge in [-0.3, -0.25) is 0 Å². The van der Waals surface area contributed by atoms with Crippen molar-refractivity contribution in [1.29, 1.82) is 0 Å². The Labute approximate surface area is 174 Å². The van der Waals surface area contributed by atoms with Crippen molar-refractivity contribution in [3.05, 3.63) is 119 Å². The average Bonchev–Trinajstić information content (AvgIpc) is 2.74. The van der Waals surface area contributed by atoms with Gasteiger partial charge in [-0.1, -0.05) is 114 Å². The molecular weight excluding hydrogens is 348 g/mol. The predicted molar refractivity (Wildman–Crippen MR) is 127 cm³/mol. The lowest BCUT2D eigenvalue weighted by Gasteiger charge is -2.12. The minimum Gasteiger partial charge on any atom is -0.0587 e.